The Balaban J connectivity index is 1.70. The van der Waals surface area contributed by atoms with Crippen molar-refractivity contribution in [2.75, 3.05) is 24.5 Å². The minimum Gasteiger partial charge on any atom is -0.368 e. The van der Waals surface area contributed by atoms with Gasteiger partial charge >= 0.3 is 0 Å². The Bertz CT molecular complexity index is 1020. The Labute approximate surface area is 180 Å². The van der Waals surface area contributed by atoms with Gasteiger partial charge in [-0.15, -0.1) is 0 Å². The molecule has 158 valence electrons. The first kappa shape index (κ1) is 20.5. The minimum absolute atomic E-state index is 0.0293. The highest BCUT2D eigenvalue weighted by molar-refractivity contribution is 6.30. The lowest BCUT2D eigenvalue weighted by Crippen LogP contribution is -2.69. The molecule has 2 saturated heterocycles. The number of aromatic amines is 1. The van der Waals surface area contributed by atoms with Crippen molar-refractivity contribution >= 4 is 29.1 Å². The van der Waals surface area contributed by atoms with Crippen molar-refractivity contribution in [3.8, 4) is 0 Å². The standard InChI is InChI=1S/C22H25ClN4O3/c1-15(2)26-13-20(29)27(12-16-3-5-17(23)6-4-16)22(21(26)30)8-10-25(14-22)18-7-9-24-19(28)11-18/h3-7,9,11,15H,8,10,12-14H2,1-2H3,(H,24,28)/t22-/m1/s1. The number of nitrogens with zero attached hydrogens (tertiary/aromatic N) is 3. The van der Waals surface area contributed by atoms with E-state index in [0.717, 1.165) is 11.3 Å². The number of H-pyrrole nitrogens is 1. The number of carbonyl (C=O) groups excluding carboxylic acids is 2. The lowest BCUT2D eigenvalue weighted by molar-refractivity contribution is -0.166. The first-order valence-electron chi connectivity index (χ1n) is 10.1. The van der Waals surface area contributed by atoms with Gasteiger partial charge in [0.1, 0.15) is 12.1 Å². The summed E-state index contributed by atoms with van der Waals surface area (Å²) in [7, 11) is 0. The molecule has 1 N–H and O–H groups in total. The molecule has 2 aliphatic heterocycles. The smallest absolute Gasteiger partial charge is 0.251 e. The fraction of sp³-hybridized carbons (Fsp3) is 0.409. The van der Waals surface area contributed by atoms with E-state index in [1.54, 1.807) is 28.1 Å². The van der Waals surface area contributed by atoms with Gasteiger partial charge in [-0.05, 0) is 44.0 Å². The monoisotopic (exact) mass is 428 g/mol. The molecule has 3 heterocycles. The predicted octanol–water partition coefficient (Wildman–Crippen LogP) is 2.26. The third kappa shape index (κ3) is 3.58. The van der Waals surface area contributed by atoms with Crippen LogP contribution in [0.15, 0.2) is 47.4 Å². The zero-order chi connectivity index (χ0) is 21.5. The zero-order valence-corrected chi connectivity index (χ0v) is 17.9. The van der Waals surface area contributed by atoms with Crippen molar-refractivity contribution in [3.05, 3.63) is 63.5 Å². The van der Waals surface area contributed by atoms with Crippen molar-refractivity contribution in [1.82, 2.24) is 14.8 Å². The number of rotatable bonds is 4. The summed E-state index contributed by atoms with van der Waals surface area (Å²) in [5.74, 6) is -0.0931. The maximum Gasteiger partial charge on any atom is 0.251 e. The van der Waals surface area contributed by atoms with Gasteiger partial charge in [-0.25, -0.2) is 0 Å². The van der Waals surface area contributed by atoms with Crippen molar-refractivity contribution in [2.24, 2.45) is 0 Å². The van der Waals surface area contributed by atoms with Crippen LogP contribution in [0.25, 0.3) is 0 Å². The van der Waals surface area contributed by atoms with Gasteiger partial charge in [0.05, 0.1) is 6.54 Å². The van der Waals surface area contributed by atoms with Crippen LogP contribution in [-0.4, -0.2) is 57.8 Å². The van der Waals surface area contributed by atoms with Crippen LogP contribution in [-0.2, 0) is 16.1 Å². The number of benzene rings is 1. The van der Waals surface area contributed by atoms with E-state index in [-0.39, 0.29) is 30.0 Å². The van der Waals surface area contributed by atoms with Crippen molar-refractivity contribution in [2.45, 2.75) is 38.4 Å². The normalized spacial score (nSPS) is 21.9. The molecule has 2 aliphatic rings. The van der Waals surface area contributed by atoms with Gasteiger partial charge in [0.25, 0.3) is 5.91 Å². The Kier molecular flexibility index (Phi) is 5.32. The first-order valence-corrected chi connectivity index (χ1v) is 10.5. The molecule has 4 rings (SSSR count). The Hall–Kier alpha value is -2.80. The van der Waals surface area contributed by atoms with E-state index in [0.29, 0.717) is 31.1 Å². The number of hydrogen-bond acceptors (Lipinski definition) is 4. The molecule has 1 aromatic carbocycles. The molecule has 0 bridgehead atoms. The van der Waals surface area contributed by atoms with E-state index < -0.39 is 5.54 Å². The number of nitrogens with one attached hydrogen (secondary N) is 1. The van der Waals surface area contributed by atoms with Crippen LogP contribution in [0.1, 0.15) is 25.8 Å². The van der Waals surface area contributed by atoms with Gasteiger partial charge in [0, 0.05) is 42.1 Å². The second-order valence-electron chi connectivity index (χ2n) is 8.25. The third-order valence-electron chi connectivity index (χ3n) is 6.03. The summed E-state index contributed by atoms with van der Waals surface area (Å²) in [6.45, 7) is 5.23. The molecule has 1 aromatic heterocycles. The van der Waals surface area contributed by atoms with Gasteiger partial charge < -0.3 is 19.7 Å². The van der Waals surface area contributed by atoms with Crippen LogP contribution in [0.3, 0.4) is 0 Å². The molecular formula is C22H25ClN4O3. The summed E-state index contributed by atoms with van der Waals surface area (Å²) < 4.78 is 0. The van der Waals surface area contributed by atoms with Gasteiger partial charge in [-0.2, -0.15) is 0 Å². The van der Waals surface area contributed by atoms with Crippen LogP contribution in [0.4, 0.5) is 5.69 Å². The number of amides is 2. The summed E-state index contributed by atoms with van der Waals surface area (Å²) in [5, 5.41) is 0.627. The molecule has 1 atom stereocenters. The molecule has 2 amide bonds. The van der Waals surface area contributed by atoms with Crippen LogP contribution in [0.2, 0.25) is 5.02 Å². The van der Waals surface area contributed by atoms with Crippen molar-refractivity contribution in [1.29, 1.82) is 0 Å². The number of pyridine rings is 1. The lowest BCUT2D eigenvalue weighted by atomic mass is 9.89. The van der Waals surface area contributed by atoms with E-state index in [9.17, 15) is 14.4 Å². The first-order chi connectivity index (χ1) is 14.3. The molecule has 30 heavy (non-hydrogen) atoms. The number of hydrogen-bond donors (Lipinski definition) is 1. The van der Waals surface area contributed by atoms with Crippen LogP contribution in [0.5, 0.6) is 0 Å². The van der Waals surface area contributed by atoms with E-state index in [1.807, 2.05) is 36.9 Å². The summed E-state index contributed by atoms with van der Waals surface area (Å²) >= 11 is 6.00. The SMILES string of the molecule is CC(C)N1CC(=O)N(Cc2ccc(Cl)cc2)[C@@]2(CCN(c3cc[nH]c(=O)c3)C2)C1=O. The Morgan fingerprint density at radius 2 is 1.87 bits per heavy atom. The number of piperazine rings is 1. The maximum absolute atomic E-state index is 13.7. The lowest BCUT2D eigenvalue weighted by Gasteiger charge is -2.48. The number of halogens is 1. The van der Waals surface area contributed by atoms with Gasteiger partial charge in [-0.1, -0.05) is 23.7 Å². The molecule has 0 saturated carbocycles. The average Bonchev–Trinajstić information content (AvgIpc) is 3.16. The Morgan fingerprint density at radius 1 is 1.13 bits per heavy atom. The summed E-state index contributed by atoms with van der Waals surface area (Å²) in [5.41, 5.74) is 0.528. The molecular weight excluding hydrogens is 404 g/mol. The van der Waals surface area contributed by atoms with E-state index >= 15 is 0 Å². The van der Waals surface area contributed by atoms with Crippen LogP contribution >= 0.6 is 11.6 Å². The van der Waals surface area contributed by atoms with Gasteiger partial charge in [0.2, 0.25) is 11.5 Å². The highest BCUT2D eigenvalue weighted by Crippen LogP contribution is 2.37. The minimum atomic E-state index is -0.957. The number of aromatic nitrogens is 1. The fourth-order valence-electron chi connectivity index (χ4n) is 4.39. The van der Waals surface area contributed by atoms with Crippen molar-refractivity contribution < 1.29 is 9.59 Å². The molecule has 0 unspecified atom stereocenters. The van der Waals surface area contributed by atoms with E-state index in [2.05, 4.69) is 4.98 Å². The van der Waals surface area contributed by atoms with Crippen LogP contribution in [0, 0.1) is 0 Å². The fourth-order valence-corrected chi connectivity index (χ4v) is 4.52. The summed E-state index contributed by atoms with van der Waals surface area (Å²) in [4.78, 5) is 46.7. The highest BCUT2D eigenvalue weighted by atomic mass is 35.5. The molecule has 8 heteroatoms. The Morgan fingerprint density at radius 3 is 2.53 bits per heavy atom. The second-order valence-corrected chi connectivity index (χ2v) is 8.68. The number of carbonyl (C=O) groups is 2. The molecule has 0 aliphatic carbocycles. The largest absolute Gasteiger partial charge is 0.368 e. The van der Waals surface area contributed by atoms with Gasteiger partial charge in [-0.3, -0.25) is 14.4 Å². The van der Waals surface area contributed by atoms with E-state index in [1.165, 1.54) is 6.07 Å². The molecule has 2 fully saturated rings. The predicted molar refractivity (Wildman–Crippen MR) is 115 cm³/mol. The molecule has 1 spiro atoms. The number of anilines is 1. The second kappa shape index (κ2) is 7.80. The average molecular weight is 429 g/mol. The molecule has 7 nitrogen and oxygen atoms in total. The van der Waals surface area contributed by atoms with E-state index in [4.69, 9.17) is 11.6 Å². The summed E-state index contributed by atoms with van der Waals surface area (Å²) in [6.07, 6.45) is 2.11. The van der Waals surface area contributed by atoms with Crippen LogP contribution < -0.4 is 10.5 Å². The highest BCUT2D eigenvalue weighted by Gasteiger charge is 2.56. The third-order valence-corrected chi connectivity index (χ3v) is 6.28. The maximum atomic E-state index is 13.7. The molecule has 2 aromatic rings. The topological polar surface area (TPSA) is 76.7 Å². The quantitative estimate of drug-likeness (QED) is 0.810. The van der Waals surface area contributed by atoms with Crippen molar-refractivity contribution in [3.63, 3.8) is 0 Å². The molecule has 0 radical (unpaired) electrons. The zero-order valence-electron chi connectivity index (χ0n) is 17.1. The van der Waals surface area contributed by atoms with Gasteiger partial charge in [0.15, 0.2) is 0 Å². The summed E-state index contributed by atoms with van der Waals surface area (Å²) in [6, 6.07) is 10.6.